The molecule has 0 bridgehead atoms. The zero-order chi connectivity index (χ0) is 15.8. The molecule has 0 spiro atoms. The van der Waals surface area contributed by atoms with Crippen molar-refractivity contribution in [2.24, 2.45) is 7.05 Å². The average Bonchev–Trinajstić information content (AvgIpc) is 2.75. The average molecular weight is 301 g/mol. The number of amides is 1. The SMILES string of the molecule is Cc1ccc(NC(=O)c2cn(C)nc2C(F)(F)F)c(F)c1. The predicted molar refractivity (Wildman–Crippen MR) is 67.3 cm³/mol. The molecule has 0 saturated carbocycles. The summed E-state index contributed by atoms with van der Waals surface area (Å²) in [5, 5.41) is 5.33. The molecule has 21 heavy (non-hydrogen) atoms. The highest BCUT2D eigenvalue weighted by Gasteiger charge is 2.39. The van der Waals surface area contributed by atoms with E-state index in [-0.39, 0.29) is 5.69 Å². The van der Waals surface area contributed by atoms with Gasteiger partial charge in [0, 0.05) is 13.2 Å². The first-order valence-corrected chi connectivity index (χ1v) is 5.87. The molecule has 1 N–H and O–H groups in total. The summed E-state index contributed by atoms with van der Waals surface area (Å²) >= 11 is 0. The smallest absolute Gasteiger partial charge is 0.319 e. The molecule has 0 atom stereocenters. The van der Waals surface area contributed by atoms with Crippen LogP contribution in [-0.2, 0) is 13.2 Å². The van der Waals surface area contributed by atoms with E-state index >= 15 is 0 Å². The van der Waals surface area contributed by atoms with Gasteiger partial charge in [0.2, 0.25) is 0 Å². The van der Waals surface area contributed by atoms with Crippen molar-refractivity contribution in [2.75, 3.05) is 5.32 Å². The van der Waals surface area contributed by atoms with Crippen molar-refractivity contribution in [2.45, 2.75) is 13.1 Å². The molecule has 1 amide bonds. The van der Waals surface area contributed by atoms with Crippen LogP contribution < -0.4 is 5.32 Å². The minimum atomic E-state index is -4.76. The molecular formula is C13H11F4N3O. The van der Waals surface area contributed by atoms with E-state index < -0.39 is 29.2 Å². The van der Waals surface area contributed by atoms with Gasteiger partial charge in [-0.1, -0.05) is 6.07 Å². The molecule has 0 fully saturated rings. The van der Waals surface area contributed by atoms with Gasteiger partial charge < -0.3 is 5.32 Å². The Morgan fingerprint density at radius 2 is 2.00 bits per heavy atom. The van der Waals surface area contributed by atoms with Crippen LogP contribution in [0.3, 0.4) is 0 Å². The van der Waals surface area contributed by atoms with Crippen molar-refractivity contribution in [1.82, 2.24) is 9.78 Å². The Morgan fingerprint density at radius 3 is 2.57 bits per heavy atom. The zero-order valence-electron chi connectivity index (χ0n) is 11.1. The van der Waals surface area contributed by atoms with Gasteiger partial charge in [0.05, 0.1) is 11.3 Å². The molecule has 1 heterocycles. The van der Waals surface area contributed by atoms with Crippen molar-refractivity contribution in [3.63, 3.8) is 0 Å². The lowest BCUT2D eigenvalue weighted by Crippen LogP contribution is -2.18. The Hall–Kier alpha value is -2.38. The topological polar surface area (TPSA) is 46.9 Å². The number of nitrogens with zero attached hydrogens (tertiary/aromatic N) is 2. The maximum absolute atomic E-state index is 13.6. The van der Waals surface area contributed by atoms with Crippen LogP contribution in [0.15, 0.2) is 24.4 Å². The molecule has 0 aliphatic heterocycles. The molecule has 4 nitrogen and oxygen atoms in total. The van der Waals surface area contributed by atoms with E-state index in [4.69, 9.17) is 0 Å². The highest BCUT2D eigenvalue weighted by molar-refractivity contribution is 6.05. The summed E-state index contributed by atoms with van der Waals surface area (Å²) in [6.45, 7) is 1.65. The van der Waals surface area contributed by atoms with Gasteiger partial charge in [-0.15, -0.1) is 0 Å². The first kappa shape index (κ1) is 15.0. The summed E-state index contributed by atoms with van der Waals surface area (Å²) in [5.41, 5.74) is -1.54. The van der Waals surface area contributed by atoms with Crippen LogP contribution in [0.1, 0.15) is 21.6 Å². The number of hydrogen-bond acceptors (Lipinski definition) is 2. The van der Waals surface area contributed by atoms with E-state index in [0.717, 1.165) is 10.9 Å². The number of anilines is 1. The van der Waals surface area contributed by atoms with Gasteiger partial charge in [-0.2, -0.15) is 18.3 Å². The van der Waals surface area contributed by atoms with Crippen LogP contribution in [0, 0.1) is 12.7 Å². The summed E-state index contributed by atoms with van der Waals surface area (Å²) < 4.78 is 52.8. The zero-order valence-corrected chi connectivity index (χ0v) is 11.1. The normalized spacial score (nSPS) is 11.5. The monoisotopic (exact) mass is 301 g/mol. The number of rotatable bonds is 2. The fraction of sp³-hybridized carbons (Fsp3) is 0.231. The molecule has 0 aliphatic carbocycles. The maximum atomic E-state index is 13.6. The second-order valence-electron chi connectivity index (χ2n) is 4.50. The lowest BCUT2D eigenvalue weighted by atomic mass is 10.2. The lowest BCUT2D eigenvalue weighted by molar-refractivity contribution is -0.141. The Balaban J connectivity index is 2.33. The Labute approximate surface area is 117 Å². The van der Waals surface area contributed by atoms with Gasteiger partial charge in [0.25, 0.3) is 5.91 Å². The number of benzene rings is 1. The second-order valence-corrected chi connectivity index (χ2v) is 4.50. The van der Waals surface area contributed by atoms with E-state index in [9.17, 15) is 22.4 Å². The van der Waals surface area contributed by atoms with E-state index in [1.165, 1.54) is 25.2 Å². The van der Waals surface area contributed by atoms with Crippen molar-refractivity contribution in [3.05, 3.63) is 47.0 Å². The second kappa shape index (κ2) is 5.19. The first-order chi connectivity index (χ1) is 9.68. The third-order valence-electron chi connectivity index (χ3n) is 2.71. The number of aromatic nitrogens is 2. The minimum absolute atomic E-state index is 0.192. The van der Waals surface area contributed by atoms with Crippen LogP contribution >= 0.6 is 0 Å². The number of halogens is 4. The van der Waals surface area contributed by atoms with Gasteiger partial charge >= 0.3 is 6.18 Å². The van der Waals surface area contributed by atoms with E-state index in [1.54, 1.807) is 6.92 Å². The summed E-state index contributed by atoms with van der Waals surface area (Å²) in [4.78, 5) is 11.9. The van der Waals surface area contributed by atoms with Crippen molar-refractivity contribution >= 4 is 11.6 Å². The minimum Gasteiger partial charge on any atom is -0.319 e. The van der Waals surface area contributed by atoms with Crippen LogP contribution in [0.5, 0.6) is 0 Å². The fourth-order valence-electron chi connectivity index (χ4n) is 1.78. The number of carbonyl (C=O) groups is 1. The van der Waals surface area contributed by atoms with E-state index in [0.29, 0.717) is 5.56 Å². The summed E-state index contributed by atoms with van der Waals surface area (Å²) in [7, 11) is 1.26. The predicted octanol–water partition coefficient (Wildman–Crippen LogP) is 3.14. The number of hydrogen-bond donors (Lipinski definition) is 1. The molecule has 112 valence electrons. The molecular weight excluding hydrogens is 290 g/mol. The van der Waals surface area contributed by atoms with Crippen molar-refractivity contribution in [1.29, 1.82) is 0 Å². The Morgan fingerprint density at radius 1 is 1.33 bits per heavy atom. The molecule has 0 radical (unpaired) electrons. The van der Waals surface area contributed by atoms with Gasteiger partial charge in [0.15, 0.2) is 5.69 Å². The molecule has 0 unspecified atom stereocenters. The molecule has 1 aromatic heterocycles. The lowest BCUT2D eigenvalue weighted by Gasteiger charge is -2.08. The van der Waals surface area contributed by atoms with Crippen molar-refractivity contribution < 1.29 is 22.4 Å². The maximum Gasteiger partial charge on any atom is 0.435 e. The summed E-state index contributed by atoms with van der Waals surface area (Å²) in [5.74, 6) is -1.79. The third-order valence-corrected chi connectivity index (χ3v) is 2.71. The molecule has 2 rings (SSSR count). The summed E-state index contributed by atoms with van der Waals surface area (Å²) in [6, 6.07) is 3.99. The van der Waals surface area contributed by atoms with E-state index in [1.807, 2.05) is 0 Å². The number of nitrogens with one attached hydrogen (secondary N) is 1. The van der Waals surface area contributed by atoms with E-state index in [2.05, 4.69) is 10.4 Å². The quantitative estimate of drug-likeness (QED) is 0.866. The molecule has 1 aromatic carbocycles. The Bertz CT molecular complexity index is 691. The van der Waals surface area contributed by atoms with Gasteiger partial charge in [-0.3, -0.25) is 9.48 Å². The highest BCUT2D eigenvalue weighted by Crippen LogP contribution is 2.31. The molecule has 0 aliphatic rings. The fourth-order valence-corrected chi connectivity index (χ4v) is 1.78. The molecule has 2 aromatic rings. The largest absolute Gasteiger partial charge is 0.435 e. The molecule has 0 saturated heterocycles. The highest BCUT2D eigenvalue weighted by atomic mass is 19.4. The number of alkyl halides is 3. The van der Waals surface area contributed by atoms with Gasteiger partial charge in [0.1, 0.15) is 5.82 Å². The molecule has 8 heteroatoms. The Kier molecular flexibility index (Phi) is 3.71. The van der Waals surface area contributed by atoms with Crippen molar-refractivity contribution in [3.8, 4) is 0 Å². The van der Waals surface area contributed by atoms with Gasteiger partial charge in [-0.05, 0) is 24.6 Å². The third kappa shape index (κ3) is 3.21. The van der Waals surface area contributed by atoms with Crippen LogP contribution in [0.2, 0.25) is 0 Å². The van der Waals surface area contributed by atoms with Crippen LogP contribution in [0.4, 0.5) is 23.2 Å². The number of carbonyl (C=O) groups excluding carboxylic acids is 1. The van der Waals surface area contributed by atoms with Crippen LogP contribution in [-0.4, -0.2) is 15.7 Å². The summed E-state index contributed by atoms with van der Waals surface area (Å²) in [6.07, 6.45) is -3.83. The van der Waals surface area contributed by atoms with Crippen LogP contribution in [0.25, 0.3) is 0 Å². The standard InChI is InChI=1S/C13H11F4N3O/c1-7-3-4-10(9(14)5-7)18-12(21)8-6-20(2)19-11(8)13(15,16)17/h3-6H,1-2H3,(H,18,21). The number of aryl methyl sites for hydroxylation is 2. The first-order valence-electron chi connectivity index (χ1n) is 5.87. The van der Waals surface area contributed by atoms with Gasteiger partial charge in [-0.25, -0.2) is 4.39 Å².